The maximum Gasteiger partial charge on any atom is 0.294 e. The van der Waals surface area contributed by atoms with Crippen molar-refractivity contribution in [1.82, 2.24) is 9.47 Å². The molecule has 0 atom stereocenters. The third kappa shape index (κ3) is 5.07. The zero-order valence-corrected chi connectivity index (χ0v) is 20.0. The number of hydrogen-bond acceptors (Lipinski definition) is 5. The first-order chi connectivity index (χ1) is 16.4. The molecule has 1 aliphatic rings. The van der Waals surface area contributed by atoms with Crippen LogP contribution >= 0.6 is 11.8 Å². The van der Waals surface area contributed by atoms with E-state index < -0.39 is 17.1 Å². The minimum absolute atomic E-state index is 0.308. The van der Waals surface area contributed by atoms with Gasteiger partial charge in [0.25, 0.3) is 11.1 Å². The molecule has 174 valence electrons. The van der Waals surface area contributed by atoms with Crippen molar-refractivity contribution in [3.8, 4) is 5.75 Å². The van der Waals surface area contributed by atoms with Gasteiger partial charge < -0.3 is 14.6 Å². The number of aryl methyl sites for hydroxylation is 1. The summed E-state index contributed by atoms with van der Waals surface area (Å²) in [5.41, 5.74) is 4.68. The minimum Gasteiger partial charge on any atom is -0.497 e. The number of rotatable bonds is 7. The Morgan fingerprint density at radius 3 is 2.44 bits per heavy atom. The number of anilines is 1. The van der Waals surface area contributed by atoms with Crippen LogP contribution in [0.15, 0.2) is 65.6 Å². The van der Waals surface area contributed by atoms with E-state index in [0.717, 1.165) is 40.2 Å². The Kier molecular flexibility index (Phi) is 6.88. The van der Waals surface area contributed by atoms with Gasteiger partial charge in [-0.3, -0.25) is 19.3 Å². The predicted molar refractivity (Wildman–Crippen MR) is 134 cm³/mol. The third-order valence-corrected chi connectivity index (χ3v) is 6.54. The highest BCUT2D eigenvalue weighted by molar-refractivity contribution is 8.18. The number of methoxy groups -OCH3 is 1. The van der Waals surface area contributed by atoms with Gasteiger partial charge in [0.1, 0.15) is 12.3 Å². The number of hydrogen-bond donors (Lipinski definition) is 1. The molecule has 2 aromatic carbocycles. The summed E-state index contributed by atoms with van der Waals surface area (Å²) in [7, 11) is 1.56. The summed E-state index contributed by atoms with van der Waals surface area (Å²) in [6.07, 6.45) is 1.73. The van der Waals surface area contributed by atoms with Crippen molar-refractivity contribution in [2.75, 3.05) is 19.0 Å². The maximum atomic E-state index is 12.9. The van der Waals surface area contributed by atoms with Crippen LogP contribution in [0.3, 0.4) is 0 Å². The number of carbonyl (C=O) groups excluding carboxylic acids is 3. The Morgan fingerprint density at radius 1 is 1.06 bits per heavy atom. The molecule has 0 aliphatic carbocycles. The molecule has 2 heterocycles. The molecule has 8 heteroatoms. The summed E-state index contributed by atoms with van der Waals surface area (Å²) in [4.78, 5) is 39.1. The molecule has 1 saturated heterocycles. The van der Waals surface area contributed by atoms with E-state index in [1.54, 1.807) is 37.5 Å². The average Bonchev–Trinajstić information content (AvgIpc) is 3.24. The summed E-state index contributed by atoms with van der Waals surface area (Å²) in [6, 6.07) is 18.9. The number of nitrogens with zero attached hydrogens (tertiary/aromatic N) is 2. The number of ether oxygens (including phenoxy) is 1. The fourth-order valence-electron chi connectivity index (χ4n) is 3.78. The normalized spacial score (nSPS) is 14.7. The molecule has 0 unspecified atom stereocenters. The summed E-state index contributed by atoms with van der Waals surface area (Å²) in [6.45, 7) is 4.39. The fraction of sp³-hybridized carbons (Fsp3) is 0.192. The Labute approximate surface area is 202 Å². The van der Waals surface area contributed by atoms with Crippen LogP contribution < -0.4 is 10.1 Å². The van der Waals surface area contributed by atoms with E-state index >= 15 is 0 Å². The average molecular weight is 476 g/mol. The van der Waals surface area contributed by atoms with Crippen LogP contribution in [0.1, 0.15) is 22.5 Å². The molecular formula is C26H25N3O4S. The van der Waals surface area contributed by atoms with Crippen molar-refractivity contribution < 1.29 is 19.1 Å². The molecule has 3 aromatic rings. The van der Waals surface area contributed by atoms with E-state index in [1.165, 1.54) is 5.56 Å². The van der Waals surface area contributed by atoms with Gasteiger partial charge in [-0.05, 0) is 73.1 Å². The van der Waals surface area contributed by atoms with E-state index in [-0.39, 0.29) is 6.54 Å². The number of thioether (sulfide) groups is 1. The second-order valence-corrected chi connectivity index (χ2v) is 8.94. The first-order valence-corrected chi connectivity index (χ1v) is 11.6. The molecule has 1 aliphatic heterocycles. The number of imide groups is 1. The number of amides is 3. The van der Waals surface area contributed by atoms with E-state index in [2.05, 4.69) is 22.0 Å². The topological polar surface area (TPSA) is 80.6 Å². The van der Waals surface area contributed by atoms with Crippen molar-refractivity contribution in [3.05, 3.63) is 88.1 Å². The Hall–Kier alpha value is -3.78. The molecule has 0 radical (unpaired) electrons. The molecule has 3 amide bonds. The Bertz CT molecular complexity index is 1260. The molecule has 0 saturated carbocycles. The third-order valence-electron chi connectivity index (χ3n) is 5.63. The maximum absolute atomic E-state index is 12.9. The first kappa shape index (κ1) is 23.4. The van der Waals surface area contributed by atoms with E-state index in [9.17, 15) is 14.4 Å². The Balaban J connectivity index is 1.46. The molecule has 4 rings (SSSR count). The van der Waals surface area contributed by atoms with E-state index in [1.807, 2.05) is 38.1 Å². The smallest absolute Gasteiger partial charge is 0.294 e. The molecule has 34 heavy (non-hydrogen) atoms. The van der Waals surface area contributed by atoms with Crippen LogP contribution in [0.25, 0.3) is 6.08 Å². The zero-order valence-electron chi connectivity index (χ0n) is 19.2. The van der Waals surface area contributed by atoms with E-state index in [0.29, 0.717) is 16.3 Å². The zero-order chi connectivity index (χ0) is 24.2. The molecule has 1 fully saturated rings. The lowest BCUT2D eigenvalue weighted by Gasteiger charge is -2.12. The largest absolute Gasteiger partial charge is 0.497 e. The van der Waals surface area contributed by atoms with Crippen molar-refractivity contribution in [3.63, 3.8) is 0 Å². The molecule has 0 bridgehead atoms. The standard InChI is InChI=1S/C26H25N3O4S/c1-17-13-20(18(2)28(17)15-19-7-5-4-6-8-19)14-23-25(31)29(26(32)34-23)16-24(30)27-21-9-11-22(33-3)12-10-21/h4-14H,15-16H2,1-3H3,(H,27,30)/b23-14+. The van der Waals surface area contributed by atoms with Crippen LogP contribution in [0.4, 0.5) is 10.5 Å². The first-order valence-electron chi connectivity index (χ1n) is 10.8. The van der Waals surface area contributed by atoms with Crippen molar-refractivity contribution >= 4 is 40.6 Å². The van der Waals surface area contributed by atoms with Crippen LogP contribution in [0.2, 0.25) is 0 Å². The Morgan fingerprint density at radius 2 is 1.76 bits per heavy atom. The number of carbonyl (C=O) groups is 3. The monoisotopic (exact) mass is 475 g/mol. The van der Waals surface area contributed by atoms with Gasteiger partial charge in [0.15, 0.2) is 0 Å². The van der Waals surface area contributed by atoms with Gasteiger partial charge in [-0.1, -0.05) is 30.3 Å². The van der Waals surface area contributed by atoms with Gasteiger partial charge in [-0.25, -0.2) is 0 Å². The lowest BCUT2D eigenvalue weighted by atomic mass is 10.2. The summed E-state index contributed by atoms with van der Waals surface area (Å²) < 4.78 is 7.27. The van der Waals surface area contributed by atoms with Gasteiger partial charge >= 0.3 is 0 Å². The lowest BCUT2D eigenvalue weighted by molar-refractivity contribution is -0.127. The number of nitrogens with one attached hydrogen (secondary N) is 1. The van der Waals surface area contributed by atoms with Crippen LogP contribution in [-0.4, -0.2) is 40.2 Å². The van der Waals surface area contributed by atoms with Gasteiger partial charge in [0.05, 0.1) is 12.0 Å². The summed E-state index contributed by atoms with van der Waals surface area (Å²) in [5.74, 6) is -0.250. The highest BCUT2D eigenvalue weighted by atomic mass is 32.2. The predicted octanol–water partition coefficient (Wildman–Crippen LogP) is 4.84. The lowest BCUT2D eigenvalue weighted by Crippen LogP contribution is -2.36. The van der Waals surface area contributed by atoms with Crippen LogP contribution in [0.5, 0.6) is 5.75 Å². The number of benzene rings is 2. The van der Waals surface area contributed by atoms with Gasteiger partial charge in [0.2, 0.25) is 5.91 Å². The molecule has 1 aromatic heterocycles. The fourth-order valence-corrected chi connectivity index (χ4v) is 4.61. The SMILES string of the molecule is COc1ccc(NC(=O)CN2C(=O)S/C(=C/c3cc(C)n(Cc4ccccc4)c3C)C2=O)cc1. The van der Waals surface area contributed by atoms with Crippen molar-refractivity contribution in [1.29, 1.82) is 0 Å². The highest BCUT2D eigenvalue weighted by Crippen LogP contribution is 2.33. The number of aromatic nitrogens is 1. The van der Waals surface area contributed by atoms with Crippen molar-refractivity contribution in [2.45, 2.75) is 20.4 Å². The molecular weight excluding hydrogens is 450 g/mol. The second-order valence-electron chi connectivity index (χ2n) is 7.94. The minimum atomic E-state index is -0.465. The summed E-state index contributed by atoms with van der Waals surface area (Å²) >= 11 is 0.850. The second kappa shape index (κ2) is 10.0. The van der Waals surface area contributed by atoms with Crippen LogP contribution in [-0.2, 0) is 16.1 Å². The molecule has 0 spiro atoms. The quantitative estimate of drug-likeness (QED) is 0.495. The molecule has 1 N–H and O–H groups in total. The van der Waals surface area contributed by atoms with Gasteiger partial charge in [-0.2, -0.15) is 0 Å². The van der Waals surface area contributed by atoms with Gasteiger partial charge in [0, 0.05) is 23.6 Å². The van der Waals surface area contributed by atoms with E-state index in [4.69, 9.17) is 4.74 Å². The molecule has 7 nitrogen and oxygen atoms in total. The van der Waals surface area contributed by atoms with Crippen LogP contribution in [0, 0.1) is 13.8 Å². The highest BCUT2D eigenvalue weighted by Gasteiger charge is 2.36. The van der Waals surface area contributed by atoms with Crippen molar-refractivity contribution in [2.24, 2.45) is 0 Å². The summed E-state index contributed by atoms with van der Waals surface area (Å²) in [5, 5.41) is 2.24. The van der Waals surface area contributed by atoms with Gasteiger partial charge in [-0.15, -0.1) is 0 Å².